The average molecular weight is 268 g/mol. The minimum absolute atomic E-state index is 0.186. The van der Waals surface area contributed by atoms with Crippen molar-refractivity contribution >= 4 is 28.6 Å². The van der Waals surface area contributed by atoms with E-state index in [4.69, 9.17) is 4.74 Å². The molecule has 2 nitrogen and oxygen atoms in total. The maximum Gasteiger partial charge on any atom is 0.302 e. The Hall–Kier alpha value is -0.0600. The highest BCUT2D eigenvalue weighted by Gasteiger charge is 1.90. The maximum atomic E-state index is 10.3. The van der Waals surface area contributed by atoms with Crippen LogP contribution < -0.4 is 0 Å². The van der Waals surface area contributed by atoms with Gasteiger partial charge in [-0.2, -0.15) is 0 Å². The normalized spacial score (nSPS) is 10.4. The quantitative estimate of drug-likeness (QED) is 0.435. The molecule has 0 atom stereocenters. The van der Waals surface area contributed by atoms with Crippen LogP contribution in [0, 0.1) is 0 Å². The van der Waals surface area contributed by atoms with Crippen LogP contribution in [0.1, 0.15) is 26.2 Å². The number of unbranched alkanes of at least 4 members (excludes halogenated alkanes) is 2. The number of ether oxygens (including phenoxy) is 1. The molecule has 0 rings (SSSR count). The van der Waals surface area contributed by atoms with Crippen LogP contribution in [0.3, 0.4) is 0 Å². The first-order chi connectivity index (χ1) is 5.27. The summed E-state index contributed by atoms with van der Waals surface area (Å²) in [6, 6.07) is 0. The van der Waals surface area contributed by atoms with E-state index in [1.54, 1.807) is 0 Å². The molecule has 0 saturated carbocycles. The van der Waals surface area contributed by atoms with Crippen molar-refractivity contribution in [3.05, 3.63) is 10.2 Å². The van der Waals surface area contributed by atoms with E-state index < -0.39 is 0 Å². The second-order valence-electron chi connectivity index (χ2n) is 2.20. The topological polar surface area (TPSA) is 26.3 Å². The Morgan fingerprint density at radius 2 is 2.27 bits per heavy atom. The molecule has 0 spiro atoms. The van der Waals surface area contributed by atoms with Gasteiger partial charge in [0.2, 0.25) is 0 Å². The minimum Gasteiger partial charge on any atom is -0.466 e. The third-order valence-electron chi connectivity index (χ3n) is 1.16. The van der Waals surface area contributed by atoms with Gasteiger partial charge in [-0.3, -0.25) is 4.79 Å². The van der Waals surface area contributed by atoms with Crippen molar-refractivity contribution in [3.8, 4) is 0 Å². The van der Waals surface area contributed by atoms with Crippen molar-refractivity contribution in [2.24, 2.45) is 0 Å². The molecule has 0 N–H and O–H groups in total. The summed E-state index contributed by atoms with van der Waals surface area (Å²) in [7, 11) is 0. The van der Waals surface area contributed by atoms with Crippen LogP contribution in [0.2, 0.25) is 0 Å². The van der Waals surface area contributed by atoms with E-state index in [0.29, 0.717) is 6.61 Å². The first-order valence-corrected chi connectivity index (χ1v) is 4.90. The standard InChI is InChI=1S/C8H13IO2/c1-8(10)11-7-5-3-2-4-6-9/h4,6H,2-3,5,7H2,1H3/b6-4-. The predicted octanol–water partition coefficient (Wildman–Crippen LogP) is 2.67. The third-order valence-corrected chi connectivity index (χ3v) is 1.67. The minimum atomic E-state index is -0.186. The van der Waals surface area contributed by atoms with Gasteiger partial charge in [0.15, 0.2) is 0 Å². The fourth-order valence-corrected chi connectivity index (χ4v) is 1.00. The molecule has 0 saturated heterocycles. The number of esters is 1. The largest absolute Gasteiger partial charge is 0.466 e. The lowest BCUT2D eigenvalue weighted by molar-refractivity contribution is -0.141. The van der Waals surface area contributed by atoms with Gasteiger partial charge in [0.25, 0.3) is 0 Å². The van der Waals surface area contributed by atoms with Crippen LogP contribution in [0.15, 0.2) is 10.2 Å². The molecule has 0 aliphatic rings. The Bertz CT molecular complexity index is 132. The number of carbonyl (C=O) groups is 1. The number of rotatable bonds is 5. The highest BCUT2D eigenvalue weighted by Crippen LogP contribution is 1.98. The summed E-state index contributed by atoms with van der Waals surface area (Å²) in [5.74, 6) is -0.186. The van der Waals surface area contributed by atoms with E-state index in [2.05, 4.69) is 28.7 Å². The molecule has 0 aliphatic carbocycles. The summed E-state index contributed by atoms with van der Waals surface area (Å²) in [4.78, 5) is 10.3. The van der Waals surface area contributed by atoms with E-state index in [-0.39, 0.29) is 5.97 Å². The Morgan fingerprint density at radius 3 is 2.82 bits per heavy atom. The Kier molecular flexibility index (Phi) is 8.00. The number of hydrogen-bond donors (Lipinski definition) is 0. The van der Waals surface area contributed by atoms with E-state index in [1.807, 2.05) is 4.08 Å². The van der Waals surface area contributed by atoms with Crippen LogP contribution in [-0.4, -0.2) is 12.6 Å². The zero-order chi connectivity index (χ0) is 8.53. The van der Waals surface area contributed by atoms with Gasteiger partial charge in [0.05, 0.1) is 6.61 Å². The summed E-state index contributed by atoms with van der Waals surface area (Å²) in [6.07, 6.45) is 5.23. The van der Waals surface area contributed by atoms with Crippen molar-refractivity contribution in [3.63, 3.8) is 0 Å². The summed E-state index contributed by atoms with van der Waals surface area (Å²) < 4.78 is 6.76. The molecule has 3 heteroatoms. The first-order valence-electron chi connectivity index (χ1n) is 3.66. The Balaban J connectivity index is 2.96. The molecular weight excluding hydrogens is 255 g/mol. The summed E-state index contributed by atoms with van der Waals surface area (Å²) >= 11 is 2.19. The predicted molar refractivity (Wildman–Crippen MR) is 53.6 cm³/mol. The lowest BCUT2D eigenvalue weighted by Crippen LogP contribution is -1.99. The van der Waals surface area contributed by atoms with Gasteiger partial charge in [-0.25, -0.2) is 0 Å². The van der Waals surface area contributed by atoms with Gasteiger partial charge in [-0.15, -0.1) is 0 Å². The average Bonchev–Trinajstić information content (AvgIpc) is 1.96. The van der Waals surface area contributed by atoms with Crippen molar-refractivity contribution in [1.82, 2.24) is 0 Å². The smallest absolute Gasteiger partial charge is 0.302 e. The molecule has 0 fully saturated rings. The summed E-state index contributed by atoms with van der Waals surface area (Å²) in [5, 5.41) is 0. The van der Waals surface area contributed by atoms with Crippen LogP contribution in [0.25, 0.3) is 0 Å². The maximum absolute atomic E-state index is 10.3. The van der Waals surface area contributed by atoms with Gasteiger partial charge in [-0.1, -0.05) is 28.7 Å². The van der Waals surface area contributed by atoms with E-state index in [1.165, 1.54) is 6.92 Å². The summed E-state index contributed by atoms with van der Waals surface area (Å²) in [5.41, 5.74) is 0. The molecule has 64 valence electrons. The number of allylic oxidation sites excluding steroid dienone is 1. The second kappa shape index (κ2) is 8.04. The zero-order valence-electron chi connectivity index (χ0n) is 6.68. The summed E-state index contributed by atoms with van der Waals surface area (Å²) in [6.45, 7) is 2.00. The van der Waals surface area contributed by atoms with Crippen molar-refractivity contribution in [1.29, 1.82) is 0 Å². The molecule has 0 heterocycles. The van der Waals surface area contributed by atoms with Gasteiger partial charge in [0.1, 0.15) is 0 Å². The van der Waals surface area contributed by atoms with Crippen LogP contribution >= 0.6 is 22.6 Å². The van der Waals surface area contributed by atoms with Crippen LogP contribution in [0.4, 0.5) is 0 Å². The SMILES string of the molecule is CC(=O)OCCCC/C=C\I. The van der Waals surface area contributed by atoms with Gasteiger partial charge < -0.3 is 4.74 Å². The van der Waals surface area contributed by atoms with Gasteiger partial charge in [-0.05, 0) is 23.3 Å². The second-order valence-corrected chi connectivity index (χ2v) is 2.92. The molecule has 0 aliphatic heterocycles. The number of halogens is 1. The molecule has 11 heavy (non-hydrogen) atoms. The number of carbonyl (C=O) groups excluding carboxylic acids is 1. The van der Waals surface area contributed by atoms with Crippen LogP contribution in [0.5, 0.6) is 0 Å². The fraction of sp³-hybridized carbons (Fsp3) is 0.625. The molecule has 0 amide bonds. The molecule has 0 aromatic carbocycles. The monoisotopic (exact) mass is 268 g/mol. The first kappa shape index (κ1) is 10.9. The highest BCUT2D eigenvalue weighted by atomic mass is 127. The number of hydrogen-bond acceptors (Lipinski definition) is 2. The van der Waals surface area contributed by atoms with E-state index >= 15 is 0 Å². The van der Waals surface area contributed by atoms with E-state index in [0.717, 1.165) is 19.3 Å². The molecule has 0 aromatic rings. The molecule has 0 radical (unpaired) electrons. The van der Waals surface area contributed by atoms with Crippen molar-refractivity contribution < 1.29 is 9.53 Å². The van der Waals surface area contributed by atoms with E-state index in [9.17, 15) is 4.79 Å². The van der Waals surface area contributed by atoms with Crippen LogP contribution in [-0.2, 0) is 9.53 Å². The zero-order valence-corrected chi connectivity index (χ0v) is 8.84. The highest BCUT2D eigenvalue weighted by molar-refractivity contribution is 14.1. The third kappa shape index (κ3) is 9.94. The molecular formula is C8H13IO2. The van der Waals surface area contributed by atoms with Gasteiger partial charge >= 0.3 is 5.97 Å². The molecule has 0 unspecified atom stereocenters. The Labute approximate surface area is 81.1 Å². The van der Waals surface area contributed by atoms with Crippen molar-refractivity contribution in [2.45, 2.75) is 26.2 Å². The fourth-order valence-electron chi connectivity index (χ4n) is 0.643. The lowest BCUT2D eigenvalue weighted by Gasteiger charge is -1.98. The Morgan fingerprint density at radius 1 is 1.55 bits per heavy atom. The van der Waals surface area contributed by atoms with Gasteiger partial charge in [0, 0.05) is 6.92 Å². The molecule has 0 bridgehead atoms. The lowest BCUT2D eigenvalue weighted by atomic mass is 10.2. The molecule has 0 aromatic heterocycles. The van der Waals surface area contributed by atoms with Crippen molar-refractivity contribution in [2.75, 3.05) is 6.61 Å².